The molecule has 0 fully saturated rings. The van der Waals surface area contributed by atoms with Crippen LogP contribution in [0.4, 0.5) is 0 Å². The van der Waals surface area contributed by atoms with Crippen molar-refractivity contribution < 1.29 is 18.9 Å². The van der Waals surface area contributed by atoms with Crippen LogP contribution in [-0.2, 0) is 6.61 Å². The third-order valence-electron chi connectivity index (χ3n) is 4.86. The van der Waals surface area contributed by atoms with E-state index in [0.29, 0.717) is 12.5 Å². The maximum atomic E-state index is 6.03. The van der Waals surface area contributed by atoms with Crippen molar-refractivity contribution in [2.75, 3.05) is 21.3 Å². The Labute approximate surface area is 173 Å². The van der Waals surface area contributed by atoms with Gasteiger partial charge in [0.15, 0.2) is 0 Å². The molecule has 0 spiro atoms. The van der Waals surface area contributed by atoms with Gasteiger partial charge in [-0.2, -0.15) is 0 Å². The molecule has 3 rings (SSSR count). The van der Waals surface area contributed by atoms with E-state index in [1.807, 2.05) is 48.5 Å². The fourth-order valence-corrected chi connectivity index (χ4v) is 3.28. The smallest absolute Gasteiger partial charge is 0.130 e. The van der Waals surface area contributed by atoms with Crippen LogP contribution in [-0.4, -0.2) is 21.3 Å². The van der Waals surface area contributed by atoms with Gasteiger partial charge >= 0.3 is 0 Å². The summed E-state index contributed by atoms with van der Waals surface area (Å²) in [5, 5.41) is 0. The quantitative estimate of drug-likeness (QED) is 0.465. The largest absolute Gasteiger partial charge is 0.497 e. The lowest BCUT2D eigenvalue weighted by Gasteiger charge is -2.17. The Balaban J connectivity index is 1.89. The summed E-state index contributed by atoms with van der Waals surface area (Å²) >= 11 is 0. The average Bonchev–Trinajstić information content (AvgIpc) is 2.76. The first-order valence-electron chi connectivity index (χ1n) is 9.67. The van der Waals surface area contributed by atoms with Gasteiger partial charge in [-0.15, -0.1) is 0 Å². The van der Waals surface area contributed by atoms with Crippen molar-refractivity contribution in [3.63, 3.8) is 0 Å². The van der Waals surface area contributed by atoms with E-state index >= 15 is 0 Å². The number of ether oxygens (including phenoxy) is 4. The zero-order valence-electron chi connectivity index (χ0n) is 17.7. The van der Waals surface area contributed by atoms with E-state index in [-0.39, 0.29) is 0 Å². The van der Waals surface area contributed by atoms with Crippen LogP contribution in [0.25, 0.3) is 11.1 Å². The van der Waals surface area contributed by atoms with E-state index < -0.39 is 0 Å². The van der Waals surface area contributed by atoms with Crippen LogP contribution in [0.15, 0.2) is 60.7 Å². The first-order chi connectivity index (χ1) is 14.0. The summed E-state index contributed by atoms with van der Waals surface area (Å²) in [5.41, 5.74) is 4.25. The predicted octanol–water partition coefficient (Wildman–Crippen LogP) is 6.08. The van der Waals surface area contributed by atoms with E-state index in [1.54, 1.807) is 21.3 Å². The highest BCUT2D eigenvalue weighted by molar-refractivity contribution is 5.74. The molecule has 3 aromatic rings. The third-order valence-corrected chi connectivity index (χ3v) is 4.86. The first kappa shape index (κ1) is 20.6. The van der Waals surface area contributed by atoms with Crippen LogP contribution in [0, 0.1) is 0 Å². The monoisotopic (exact) mass is 392 g/mol. The molecule has 0 saturated carbocycles. The molecule has 0 amide bonds. The Bertz CT molecular complexity index is 963. The zero-order valence-corrected chi connectivity index (χ0v) is 17.7. The molecule has 4 nitrogen and oxygen atoms in total. The van der Waals surface area contributed by atoms with Crippen LogP contribution in [0.5, 0.6) is 23.0 Å². The van der Waals surface area contributed by atoms with Crippen molar-refractivity contribution in [1.29, 1.82) is 0 Å². The second-order valence-electron chi connectivity index (χ2n) is 7.12. The molecule has 0 N–H and O–H groups in total. The summed E-state index contributed by atoms with van der Waals surface area (Å²) < 4.78 is 22.5. The van der Waals surface area contributed by atoms with E-state index in [0.717, 1.165) is 45.3 Å². The standard InChI is InChI=1S/C25H28O4/c1-17(2)22-14-23(25(28-5)15-24(22)27-4)19-9-7-11-21(13-19)29-16-18-8-6-10-20(12-18)26-3/h6-15,17H,16H2,1-5H3. The number of methoxy groups -OCH3 is 3. The van der Waals surface area contributed by atoms with Crippen LogP contribution < -0.4 is 18.9 Å². The van der Waals surface area contributed by atoms with Gasteiger partial charge in [0.1, 0.15) is 29.6 Å². The second kappa shape index (κ2) is 9.37. The molecule has 0 heterocycles. The van der Waals surface area contributed by atoms with Gasteiger partial charge in [-0.3, -0.25) is 0 Å². The zero-order chi connectivity index (χ0) is 20.8. The molecule has 0 aliphatic rings. The Kier molecular flexibility index (Phi) is 6.65. The lowest BCUT2D eigenvalue weighted by molar-refractivity contribution is 0.305. The highest BCUT2D eigenvalue weighted by atomic mass is 16.5. The molecule has 0 atom stereocenters. The molecule has 29 heavy (non-hydrogen) atoms. The molecule has 0 aromatic heterocycles. The summed E-state index contributed by atoms with van der Waals surface area (Å²) in [7, 11) is 5.03. The summed E-state index contributed by atoms with van der Waals surface area (Å²) in [6.07, 6.45) is 0. The Hall–Kier alpha value is -3.14. The van der Waals surface area contributed by atoms with Gasteiger partial charge in [-0.1, -0.05) is 38.1 Å². The molecule has 0 aliphatic heterocycles. The number of rotatable bonds is 8. The number of hydrogen-bond donors (Lipinski definition) is 0. The van der Waals surface area contributed by atoms with Crippen LogP contribution in [0.2, 0.25) is 0 Å². The number of benzene rings is 3. The summed E-state index contributed by atoms with van der Waals surface area (Å²) in [6.45, 7) is 4.78. The minimum absolute atomic E-state index is 0.335. The maximum Gasteiger partial charge on any atom is 0.130 e. The van der Waals surface area contributed by atoms with Crippen molar-refractivity contribution in [3.8, 4) is 34.1 Å². The highest BCUT2D eigenvalue weighted by Gasteiger charge is 2.15. The topological polar surface area (TPSA) is 36.9 Å². The lowest BCUT2D eigenvalue weighted by Crippen LogP contribution is -1.99. The highest BCUT2D eigenvalue weighted by Crippen LogP contribution is 2.39. The number of hydrogen-bond acceptors (Lipinski definition) is 4. The van der Waals surface area contributed by atoms with E-state index in [1.165, 1.54) is 0 Å². The molecule has 4 heteroatoms. The molecule has 0 bridgehead atoms. The first-order valence-corrected chi connectivity index (χ1v) is 9.67. The van der Waals surface area contributed by atoms with Crippen molar-refractivity contribution >= 4 is 0 Å². The Morgan fingerprint density at radius 1 is 0.724 bits per heavy atom. The minimum Gasteiger partial charge on any atom is -0.497 e. The average molecular weight is 392 g/mol. The normalized spacial score (nSPS) is 10.7. The minimum atomic E-state index is 0.335. The molecule has 0 radical (unpaired) electrons. The Morgan fingerprint density at radius 2 is 1.45 bits per heavy atom. The molecule has 0 unspecified atom stereocenters. The molecular formula is C25H28O4. The van der Waals surface area contributed by atoms with Gasteiger partial charge in [-0.05, 0) is 52.9 Å². The molecule has 152 valence electrons. The van der Waals surface area contributed by atoms with E-state index in [2.05, 4.69) is 26.0 Å². The van der Waals surface area contributed by atoms with Crippen molar-refractivity contribution in [3.05, 3.63) is 71.8 Å². The van der Waals surface area contributed by atoms with Crippen molar-refractivity contribution in [2.24, 2.45) is 0 Å². The lowest BCUT2D eigenvalue weighted by atomic mass is 9.95. The fraction of sp³-hybridized carbons (Fsp3) is 0.280. The van der Waals surface area contributed by atoms with Gasteiger partial charge in [0.2, 0.25) is 0 Å². The van der Waals surface area contributed by atoms with Gasteiger partial charge < -0.3 is 18.9 Å². The SMILES string of the molecule is COc1cccc(COc2cccc(-c3cc(C(C)C)c(OC)cc3OC)c2)c1. The molecule has 0 saturated heterocycles. The fourth-order valence-electron chi connectivity index (χ4n) is 3.28. The van der Waals surface area contributed by atoms with Crippen LogP contribution in [0.3, 0.4) is 0 Å². The van der Waals surface area contributed by atoms with E-state index in [4.69, 9.17) is 18.9 Å². The third kappa shape index (κ3) is 4.83. The predicted molar refractivity (Wildman–Crippen MR) is 116 cm³/mol. The van der Waals surface area contributed by atoms with Gasteiger partial charge in [-0.25, -0.2) is 0 Å². The second-order valence-corrected chi connectivity index (χ2v) is 7.12. The summed E-state index contributed by atoms with van der Waals surface area (Å²) in [6, 6.07) is 20.0. The van der Waals surface area contributed by atoms with Crippen molar-refractivity contribution in [2.45, 2.75) is 26.4 Å². The van der Waals surface area contributed by atoms with Crippen LogP contribution in [0.1, 0.15) is 30.9 Å². The van der Waals surface area contributed by atoms with Gasteiger partial charge in [0, 0.05) is 11.6 Å². The van der Waals surface area contributed by atoms with Gasteiger partial charge in [0.25, 0.3) is 0 Å². The molecular weight excluding hydrogens is 364 g/mol. The summed E-state index contributed by atoms with van der Waals surface area (Å²) in [4.78, 5) is 0. The van der Waals surface area contributed by atoms with E-state index in [9.17, 15) is 0 Å². The van der Waals surface area contributed by atoms with Gasteiger partial charge in [0.05, 0.1) is 21.3 Å². The van der Waals surface area contributed by atoms with Crippen LogP contribution >= 0.6 is 0 Å². The van der Waals surface area contributed by atoms with Crippen molar-refractivity contribution in [1.82, 2.24) is 0 Å². The molecule has 3 aromatic carbocycles. The maximum absolute atomic E-state index is 6.03. The Morgan fingerprint density at radius 3 is 2.14 bits per heavy atom. The molecule has 0 aliphatic carbocycles. The summed E-state index contributed by atoms with van der Waals surface area (Å²) in [5.74, 6) is 3.57.